The summed E-state index contributed by atoms with van der Waals surface area (Å²) >= 11 is 0. The fourth-order valence-corrected chi connectivity index (χ4v) is 2.93. The first kappa shape index (κ1) is 14.4. The minimum atomic E-state index is 0.395. The minimum Gasteiger partial charge on any atom is -0.497 e. The van der Waals surface area contributed by atoms with Gasteiger partial charge in [0.1, 0.15) is 17.2 Å². The first-order chi connectivity index (χ1) is 10.7. The summed E-state index contributed by atoms with van der Waals surface area (Å²) in [7, 11) is 3.12. The normalized spacial score (nSPS) is 13.5. The van der Waals surface area contributed by atoms with E-state index >= 15 is 0 Å². The maximum atomic E-state index is 12.3. The molecular weight excluding hydrogens is 284 g/mol. The number of methoxy groups -OCH3 is 2. The number of ether oxygens (including phenoxy) is 2. The maximum absolute atomic E-state index is 12.3. The van der Waals surface area contributed by atoms with Crippen LogP contribution >= 0.6 is 0 Å². The molecule has 0 aliphatic heterocycles. The number of benzene rings is 1. The van der Waals surface area contributed by atoms with E-state index in [9.17, 15) is 10.1 Å². The van der Waals surface area contributed by atoms with Crippen LogP contribution in [-0.4, -0.2) is 24.2 Å². The van der Waals surface area contributed by atoms with Crippen molar-refractivity contribution in [2.45, 2.75) is 25.7 Å². The van der Waals surface area contributed by atoms with Crippen molar-refractivity contribution in [3.63, 3.8) is 0 Å². The smallest absolute Gasteiger partial charge is 0.262 e. The lowest BCUT2D eigenvalue weighted by Gasteiger charge is -2.16. The summed E-state index contributed by atoms with van der Waals surface area (Å²) in [6, 6.07) is 5.27. The van der Waals surface area contributed by atoms with Gasteiger partial charge in [-0.3, -0.25) is 0 Å². The van der Waals surface area contributed by atoms with E-state index in [1.807, 2.05) is 0 Å². The van der Waals surface area contributed by atoms with Crippen molar-refractivity contribution in [1.82, 2.24) is 4.73 Å². The zero-order valence-corrected chi connectivity index (χ0v) is 12.7. The van der Waals surface area contributed by atoms with E-state index in [1.165, 1.54) is 6.20 Å². The molecule has 0 saturated heterocycles. The lowest BCUT2D eigenvalue weighted by Crippen LogP contribution is -2.30. The van der Waals surface area contributed by atoms with Gasteiger partial charge in [0.05, 0.1) is 24.2 Å². The van der Waals surface area contributed by atoms with Gasteiger partial charge in [0.15, 0.2) is 5.69 Å². The van der Waals surface area contributed by atoms with Crippen LogP contribution in [0.25, 0.3) is 11.3 Å². The van der Waals surface area contributed by atoms with Gasteiger partial charge in [-0.1, -0.05) is 0 Å². The maximum Gasteiger partial charge on any atom is 0.262 e. The first-order valence-corrected chi connectivity index (χ1v) is 7.27. The zero-order chi connectivity index (χ0) is 15.7. The monoisotopic (exact) mass is 303 g/mol. The van der Waals surface area contributed by atoms with Crippen molar-refractivity contribution < 1.29 is 19.1 Å². The van der Waals surface area contributed by atoms with Gasteiger partial charge < -0.3 is 14.7 Å². The van der Waals surface area contributed by atoms with E-state index in [0.717, 1.165) is 22.0 Å². The topological polar surface area (TPSA) is 66.6 Å². The average Bonchev–Trinajstić information content (AvgIpc) is 2.57. The Morgan fingerprint density at radius 1 is 1.18 bits per heavy atom. The summed E-state index contributed by atoms with van der Waals surface area (Å²) < 4.78 is 12.5. The van der Waals surface area contributed by atoms with Crippen LogP contribution in [0.1, 0.15) is 24.2 Å². The fourth-order valence-electron chi connectivity index (χ4n) is 2.93. The molecule has 0 bridgehead atoms. The molecular formula is C16H19N2O4+. The SMILES string of the molecule is COc1ccc(OC)c(-c2c[n+](=O)c3c(n2O)CCCC3)c1. The van der Waals surface area contributed by atoms with Crippen LogP contribution in [0.4, 0.5) is 0 Å². The number of rotatable bonds is 3. The summed E-state index contributed by atoms with van der Waals surface area (Å²) in [4.78, 5) is 12.3. The highest BCUT2D eigenvalue weighted by Gasteiger charge is 2.27. The van der Waals surface area contributed by atoms with Crippen LogP contribution in [0.5, 0.6) is 11.5 Å². The van der Waals surface area contributed by atoms with Gasteiger partial charge in [0, 0.05) is 11.3 Å². The van der Waals surface area contributed by atoms with Gasteiger partial charge in [-0.05, 0) is 37.5 Å². The Bertz CT molecular complexity index is 767. The molecule has 0 unspecified atom stereocenters. The molecule has 0 saturated carbocycles. The Balaban J connectivity index is 2.25. The number of hydrogen-bond donors (Lipinski definition) is 1. The Morgan fingerprint density at radius 2 is 1.95 bits per heavy atom. The number of fused-ring (bicyclic) bond motifs is 1. The van der Waals surface area contributed by atoms with Crippen LogP contribution < -0.4 is 13.9 Å². The third kappa shape index (κ3) is 2.30. The van der Waals surface area contributed by atoms with Gasteiger partial charge in [-0.2, -0.15) is 4.73 Å². The molecule has 1 aromatic carbocycles. The van der Waals surface area contributed by atoms with E-state index in [0.29, 0.717) is 47.0 Å². The molecule has 0 amide bonds. The average molecular weight is 303 g/mol. The number of aromatic nitrogens is 2. The predicted octanol–water partition coefficient (Wildman–Crippen LogP) is 2.20. The molecule has 1 N–H and O–H groups in total. The summed E-state index contributed by atoms with van der Waals surface area (Å²) in [6.45, 7) is 0. The minimum absolute atomic E-state index is 0.395. The quantitative estimate of drug-likeness (QED) is 0.697. The third-order valence-corrected chi connectivity index (χ3v) is 4.08. The van der Waals surface area contributed by atoms with Crippen molar-refractivity contribution >= 4 is 0 Å². The summed E-state index contributed by atoms with van der Waals surface area (Å²) in [5.41, 5.74) is 2.32. The van der Waals surface area contributed by atoms with Crippen molar-refractivity contribution in [3.8, 4) is 22.8 Å². The van der Waals surface area contributed by atoms with E-state index in [2.05, 4.69) is 0 Å². The number of nitrogens with zero attached hydrogens (tertiary/aromatic N) is 2. The van der Waals surface area contributed by atoms with Crippen LogP contribution in [0, 0.1) is 4.91 Å². The van der Waals surface area contributed by atoms with E-state index in [-0.39, 0.29) is 0 Å². The van der Waals surface area contributed by atoms with Crippen LogP contribution in [0.2, 0.25) is 0 Å². The van der Waals surface area contributed by atoms with Crippen LogP contribution in [0.3, 0.4) is 0 Å². The molecule has 0 spiro atoms. The molecule has 0 atom stereocenters. The lowest BCUT2D eigenvalue weighted by molar-refractivity contribution is -0.507. The van der Waals surface area contributed by atoms with Gasteiger partial charge in [0.2, 0.25) is 0 Å². The molecule has 116 valence electrons. The Morgan fingerprint density at radius 3 is 2.68 bits per heavy atom. The second-order valence-electron chi connectivity index (χ2n) is 5.32. The van der Waals surface area contributed by atoms with Crippen molar-refractivity contribution in [2.75, 3.05) is 14.2 Å². The molecule has 1 aliphatic carbocycles. The van der Waals surface area contributed by atoms with Gasteiger partial charge in [-0.15, -0.1) is 0 Å². The molecule has 1 aromatic heterocycles. The van der Waals surface area contributed by atoms with Crippen LogP contribution in [0.15, 0.2) is 24.4 Å². The molecule has 6 nitrogen and oxygen atoms in total. The third-order valence-electron chi connectivity index (χ3n) is 4.08. The fraction of sp³-hybridized carbons (Fsp3) is 0.375. The zero-order valence-electron chi connectivity index (χ0n) is 12.7. The Labute approximate surface area is 128 Å². The van der Waals surface area contributed by atoms with Gasteiger partial charge >= 0.3 is 0 Å². The molecule has 0 radical (unpaired) electrons. The van der Waals surface area contributed by atoms with Crippen molar-refractivity contribution in [3.05, 3.63) is 40.7 Å². The highest BCUT2D eigenvalue weighted by molar-refractivity contribution is 5.68. The lowest BCUT2D eigenvalue weighted by atomic mass is 9.99. The largest absolute Gasteiger partial charge is 0.497 e. The summed E-state index contributed by atoms with van der Waals surface area (Å²) in [5, 5.41) is 10.6. The van der Waals surface area contributed by atoms with Crippen molar-refractivity contribution in [2.24, 2.45) is 0 Å². The molecule has 2 aromatic rings. The second kappa shape index (κ2) is 5.71. The summed E-state index contributed by atoms with van der Waals surface area (Å²) in [6.07, 6.45) is 4.70. The Hall–Kier alpha value is -2.50. The van der Waals surface area contributed by atoms with E-state index in [1.54, 1.807) is 32.4 Å². The molecule has 1 aliphatic rings. The molecule has 6 heteroatoms. The molecule has 3 rings (SSSR count). The van der Waals surface area contributed by atoms with E-state index < -0.39 is 0 Å². The molecule has 1 heterocycles. The molecule has 22 heavy (non-hydrogen) atoms. The highest BCUT2D eigenvalue weighted by Crippen LogP contribution is 2.33. The molecule has 0 fully saturated rings. The Kier molecular flexibility index (Phi) is 3.75. The van der Waals surface area contributed by atoms with Crippen molar-refractivity contribution in [1.29, 1.82) is 0 Å². The standard InChI is InChI=1S/C16H19N2O4/c1-21-11-7-8-16(22-2)12(9-11)15-10-17(19)13-5-3-4-6-14(13)18(15)20/h7-10,20H,3-6H2,1-2H3/q+1. The van der Waals surface area contributed by atoms with Gasteiger partial charge in [0.25, 0.3) is 11.9 Å². The first-order valence-electron chi connectivity index (χ1n) is 7.27. The second-order valence-corrected chi connectivity index (χ2v) is 5.32. The number of hydrogen-bond acceptors (Lipinski definition) is 4. The predicted molar refractivity (Wildman–Crippen MR) is 80.2 cm³/mol. The van der Waals surface area contributed by atoms with Crippen LogP contribution in [-0.2, 0) is 12.8 Å². The van der Waals surface area contributed by atoms with Gasteiger partial charge in [-0.25, -0.2) is 0 Å². The van der Waals surface area contributed by atoms with E-state index in [4.69, 9.17) is 9.47 Å². The summed E-state index contributed by atoms with van der Waals surface area (Å²) in [5.74, 6) is 1.20. The highest BCUT2D eigenvalue weighted by atomic mass is 16.5.